The van der Waals surface area contributed by atoms with Crippen LogP contribution in [0, 0.1) is 0 Å². The molecule has 148 valence electrons. The Kier molecular flexibility index (Phi) is 5.43. The lowest BCUT2D eigenvalue weighted by Gasteiger charge is -2.36. The molecular weight excluding hydrogens is 382 g/mol. The molecule has 11 heteroatoms. The minimum absolute atomic E-state index is 0.235. The van der Waals surface area contributed by atoms with Gasteiger partial charge in [0.25, 0.3) is 0 Å². The SMILES string of the molecule is COC(=O)C1=C(C)N(CC(F)(F)F)C(=O)NC1c1ccccc1C(F)(F)F. The predicted octanol–water partition coefficient (Wildman–Crippen LogP) is 3.78. The molecule has 1 aromatic rings. The van der Waals surface area contributed by atoms with Gasteiger partial charge in [0.2, 0.25) is 0 Å². The van der Waals surface area contributed by atoms with Crippen molar-refractivity contribution in [3.05, 3.63) is 46.7 Å². The Morgan fingerprint density at radius 3 is 2.30 bits per heavy atom. The predicted molar refractivity (Wildman–Crippen MR) is 80.2 cm³/mol. The Hall–Kier alpha value is -2.72. The van der Waals surface area contributed by atoms with Crippen LogP contribution in [0.5, 0.6) is 0 Å². The van der Waals surface area contributed by atoms with Crippen molar-refractivity contribution in [1.82, 2.24) is 10.2 Å². The summed E-state index contributed by atoms with van der Waals surface area (Å²) in [4.78, 5) is 24.5. The average Bonchev–Trinajstić information content (AvgIpc) is 2.56. The fraction of sp³-hybridized carbons (Fsp3) is 0.375. The Balaban J connectivity index is 2.65. The first kappa shape index (κ1) is 20.6. The first-order valence-corrected chi connectivity index (χ1v) is 7.46. The van der Waals surface area contributed by atoms with Crippen molar-refractivity contribution in [2.45, 2.75) is 25.3 Å². The number of carbonyl (C=O) groups is 2. The second-order valence-corrected chi connectivity index (χ2v) is 5.66. The van der Waals surface area contributed by atoms with Crippen LogP contribution >= 0.6 is 0 Å². The van der Waals surface area contributed by atoms with Crippen LogP contribution in [0.1, 0.15) is 24.1 Å². The zero-order chi connectivity index (χ0) is 20.6. The third-order valence-corrected chi connectivity index (χ3v) is 3.92. The molecule has 5 nitrogen and oxygen atoms in total. The standard InChI is InChI=1S/C16H14F6N2O3/c1-8-11(13(25)27-2)12(23-14(26)24(8)7-15(17,18)19)9-5-3-4-6-10(9)16(20,21)22/h3-6,12H,7H2,1-2H3,(H,23,26). The Morgan fingerprint density at radius 1 is 1.19 bits per heavy atom. The average molecular weight is 396 g/mol. The van der Waals surface area contributed by atoms with Gasteiger partial charge in [0.15, 0.2) is 0 Å². The van der Waals surface area contributed by atoms with Gasteiger partial charge in [0.05, 0.1) is 24.3 Å². The first-order chi connectivity index (χ1) is 12.4. The van der Waals surface area contributed by atoms with E-state index >= 15 is 0 Å². The summed E-state index contributed by atoms with van der Waals surface area (Å²) in [6, 6.07) is 1.24. The summed E-state index contributed by atoms with van der Waals surface area (Å²) in [5.74, 6) is -1.15. The molecule has 2 rings (SSSR count). The normalized spacial score (nSPS) is 18.4. The van der Waals surface area contributed by atoms with Gasteiger partial charge in [0.1, 0.15) is 6.54 Å². The molecule has 1 unspecified atom stereocenters. The Morgan fingerprint density at radius 2 is 1.78 bits per heavy atom. The number of methoxy groups -OCH3 is 1. The molecule has 1 aliphatic heterocycles. The number of allylic oxidation sites excluding steroid dienone is 1. The second-order valence-electron chi connectivity index (χ2n) is 5.66. The van der Waals surface area contributed by atoms with Crippen LogP contribution < -0.4 is 5.32 Å². The highest BCUT2D eigenvalue weighted by atomic mass is 19.4. The van der Waals surface area contributed by atoms with Gasteiger partial charge in [-0.2, -0.15) is 26.3 Å². The van der Waals surface area contributed by atoms with Crippen LogP contribution in [0.4, 0.5) is 31.1 Å². The maximum atomic E-state index is 13.3. The van der Waals surface area contributed by atoms with E-state index in [9.17, 15) is 35.9 Å². The quantitative estimate of drug-likeness (QED) is 0.625. The highest BCUT2D eigenvalue weighted by Gasteiger charge is 2.44. The molecule has 0 saturated carbocycles. The van der Waals surface area contributed by atoms with Crippen LogP contribution in [0.25, 0.3) is 0 Å². The molecule has 0 radical (unpaired) electrons. The second kappa shape index (κ2) is 7.12. The van der Waals surface area contributed by atoms with Crippen molar-refractivity contribution in [3.8, 4) is 0 Å². The monoisotopic (exact) mass is 396 g/mol. The number of benzene rings is 1. The number of nitrogens with zero attached hydrogens (tertiary/aromatic N) is 1. The molecule has 0 aromatic heterocycles. The van der Waals surface area contributed by atoms with Gasteiger partial charge < -0.3 is 10.1 Å². The van der Waals surface area contributed by atoms with Gasteiger partial charge >= 0.3 is 24.4 Å². The van der Waals surface area contributed by atoms with E-state index in [2.05, 4.69) is 4.74 Å². The number of halogens is 6. The molecule has 27 heavy (non-hydrogen) atoms. The van der Waals surface area contributed by atoms with Crippen molar-refractivity contribution in [1.29, 1.82) is 0 Å². The maximum Gasteiger partial charge on any atom is 0.416 e. The van der Waals surface area contributed by atoms with Gasteiger partial charge in [-0.05, 0) is 18.6 Å². The van der Waals surface area contributed by atoms with Gasteiger partial charge in [0, 0.05) is 5.70 Å². The van der Waals surface area contributed by atoms with Crippen LogP contribution in [0.15, 0.2) is 35.5 Å². The summed E-state index contributed by atoms with van der Waals surface area (Å²) in [5, 5.41) is 2.04. The number of urea groups is 1. The fourth-order valence-electron chi connectivity index (χ4n) is 2.77. The summed E-state index contributed by atoms with van der Waals surface area (Å²) < 4.78 is 82.6. The highest BCUT2D eigenvalue weighted by molar-refractivity contribution is 5.95. The van der Waals surface area contributed by atoms with E-state index in [-0.39, 0.29) is 4.90 Å². The molecular formula is C16H14F6N2O3. The smallest absolute Gasteiger partial charge is 0.416 e. The number of nitrogens with one attached hydrogen (secondary N) is 1. The molecule has 0 bridgehead atoms. The van der Waals surface area contributed by atoms with Gasteiger partial charge in [-0.15, -0.1) is 0 Å². The summed E-state index contributed by atoms with van der Waals surface area (Å²) in [6.45, 7) is -0.668. The van der Waals surface area contributed by atoms with E-state index in [1.807, 2.05) is 5.32 Å². The van der Waals surface area contributed by atoms with Crippen LogP contribution in [0.2, 0.25) is 0 Å². The first-order valence-electron chi connectivity index (χ1n) is 7.46. The van der Waals surface area contributed by atoms with Crippen LogP contribution in [-0.4, -0.2) is 36.7 Å². The summed E-state index contributed by atoms with van der Waals surface area (Å²) in [5.41, 5.74) is -2.57. The molecule has 1 N–H and O–H groups in total. The third-order valence-electron chi connectivity index (χ3n) is 3.92. The topological polar surface area (TPSA) is 58.6 Å². The molecule has 1 aromatic carbocycles. The molecule has 0 spiro atoms. The Bertz CT molecular complexity index is 785. The zero-order valence-electron chi connectivity index (χ0n) is 14.0. The van der Waals surface area contributed by atoms with Crippen molar-refractivity contribution in [2.24, 2.45) is 0 Å². The lowest BCUT2D eigenvalue weighted by molar-refractivity contribution is -0.141. The summed E-state index contributed by atoms with van der Waals surface area (Å²) in [7, 11) is 0.930. The number of rotatable bonds is 3. The molecule has 0 aliphatic carbocycles. The lowest BCUT2D eigenvalue weighted by Crippen LogP contribution is -2.51. The van der Waals surface area contributed by atoms with Crippen LogP contribution in [-0.2, 0) is 15.7 Å². The number of hydrogen-bond acceptors (Lipinski definition) is 3. The zero-order valence-corrected chi connectivity index (χ0v) is 14.0. The largest absolute Gasteiger partial charge is 0.466 e. The number of amides is 2. The van der Waals surface area contributed by atoms with E-state index < -0.39 is 59.3 Å². The molecule has 1 heterocycles. The molecule has 2 amide bonds. The van der Waals surface area contributed by atoms with Crippen molar-refractivity contribution in [3.63, 3.8) is 0 Å². The maximum absolute atomic E-state index is 13.3. The van der Waals surface area contributed by atoms with E-state index in [4.69, 9.17) is 0 Å². The van der Waals surface area contributed by atoms with Crippen molar-refractivity contribution < 1.29 is 40.7 Å². The van der Waals surface area contributed by atoms with E-state index in [0.717, 1.165) is 32.2 Å². The molecule has 0 saturated heterocycles. The third kappa shape index (κ3) is 4.34. The van der Waals surface area contributed by atoms with E-state index in [1.165, 1.54) is 6.07 Å². The Labute approximate surface area is 149 Å². The van der Waals surface area contributed by atoms with Gasteiger partial charge in [-0.3, -0.25) is 4.90 Å². The number of ether oxygens (including phenoxy) is 1. The van der Waals surface area contributed by atoms with Crippen LogP contribution in [0.3, 0.4) is 0 Å². The van der Waals surface area contributed by atoms with Gasteiger partial charge in [-0.25, -0.2) is 9.59 Å². The number of carbonyl (C=O) groups excluding carboxylic acids is 2. The molecule has 1 atom stereocenters. The number of hydrogen-bond donors (Lipinski definition) is 1. The lowest BCUT2D eigenvalue weighted by atomic mass is 9.91. The van der Waals surface area contributed by atoms with Crippen molar-refractivity contribution in [2.75, 3.05) is 13.7 Å². The highest BCUT2D eigenvalue weighted by Crippen LogP contribution is 2.39. The molecule has 0 fully saturated rings. The van der Waals surface area contributed by atoms with E-state index in [1.54, 1.807) is 0 Å². The molecule has 1 aliphatic rings. The minimum atomic E-state index is -4.81. The number of alkyl halides is 6. The summed E-state index contributed by atoms with van der Waals surface area (Å²) in [6.07, 6.45) is -9.59. The minimum Gasteiger partial charge on any atom is -0.466 e. The fourth-order valence-corrected chi connectivity index (χ4v) is 2.77. The number of esters is 1. The van der Waals surface area contributed by atoms with Crippen molar-refractivity contribution >= 4 is 12.0 Å². The van der Waals surface area contributed by atoms with Gasteiger partial charge in [-0.1, -0.05) is 18.2 Å². The van der Waals surface area contributed by atoms with E-state index in [0.29, 0.717) is 0 Å². The summed E-state index contributed by atoms with van der Waals surface area (Å²) >= 11 is 0.